The molecule has 0 saturated carbocycles. The first-order valence-corrected chi connectivity index (χ1v) is 8.37. The third-order valence-electron chi connectivity index (χ3n) is 4.47. The van der Waals surface area contributed by atoms with Gasteiger partial charge in [0.15, 0.2) is 11.5 Å². The molecule has 2 aromatic carbocycles. The molecule has 0 bridgehead atoms. The topological polar surface area (TPSA) is 74.3 Å². The molecule has 1 amide bonds. The number of ether oxygens (including phenoxy) is 4. The Bertz CT molecular complexity index is 862. The molecule has 7 heteroatoms. The van der Waals surface area contributed by atoms with E-state index in [1.54, 1.807) is 48.4 Å². The quantitative estimate of drug-likeness (QED) is 0.727. The van der Waals surface area contributed by atoms with Crippen molar-refractivity contribution >= 4 is 17.6 Å². The van der Waals surface area contributed by atoms with Gasteiger partial charge in [0.25, 0.3) is 5.91 Å². The number of hydrogen-bond acceptors (Lipinski definition) is 6. The van der Waals surface area contributed by atoms with Crippen LogP contribution in [0.4, 0.5) is 5.69 Å². The molecule has 0 saturated heterocycles. The zero-order valence-electron chi connectivity index (χ0n) is 15.6. The number of methoxy groups -OCH3 is 3. The minimum absolute atomic E-state index is 0.0373. The van der Waals surface area contributed by atoms with E-state index in [-0.39, 0.29) is 12.5 Å². The Kier molecular flexibility index (Phi) is 5.21. The van der Waals surface area contributed by atoms with Gasteiger partial charge in [-0.15, -0.1) is 0 Å². The van der Waals surface area contributed by atoms with Crippen molar-refractivity contribution in [2.75, 3.05) is 32.8 Å². The molecule has 2 aromatic rings. The molecule has 0 fully saturated rings. The van der Waals surface area contributed by atoms with E-state index in [9.17, 15) is 9.59 Å². The third-order valence-corrected chi connectivity index (χ3v) is 4.47. The zero-order chi connectivity index (χ0) is 19.6. The van der Waals surface area contributed by atoms with Crippen molar-refractivity contribution in [1.29, 1.82) is 0 Å². The summed E-state index contributed by atoms with van der Waals surface area (Å²) < 4.78 is 21.1. The molecule has 0 radical (unpaired) electrons. The first-order chi connectivity index (χ1) is 13.0. The largest absolute Gasteiger partial charge is 0.497 e. The maximum absolute atomic E-state index is 13.1. The first-order valence-electron chi connectivity index (χ1n) is 8.37. The second-order valence-electron chi connectivity index (χ2n) is 5.99. The number of hydrogen-bond donors (Lipinski definition) is 0. The number of anilines is 1. The minimum atomic E-state index is -0.468. The van der Waals surface area contributed by atoms with Crippen LogP contribution in [0.2, 0.25) is 0 Å². The molecular formula is C20H21NO6. The molecule has 1 heterocycles. The first kappa shape index (κ1) is 18.6. The zero-order valence-corrected chi connectivity index (χ0v) is 15.6. The Morgan fingerprint density at radius 1 is 1.00 bits per heavy atom. The maximum Gasteiger partial charge on any atom is 0.302 e. The van der Waals surface area contributed by atoms with Gasteiger partial charge in [0.05, 0.1) is 27.4 Å². The van der Waals surface area contributed by atoms with Gasteiger partial charge in [-0.05, 0) is 42.0 Å². The van der Waals surface area contributed by atoms with Crippen molar-refractivity contribution in [3.63, 3.8) is 0 Å². The summed E-state index contributed by atoms with van der Waals surface area (Å²) in [5, 5.41) is 0. The highest BCUT2D eigenvalue weighted by Gasteiger charge is 2.39. The fraction of sp³-hybridized carbons (Fsp3) is 0.300. The van der Waals surface area contributed by atoms with Crippen LogP contribution in [-0.4, -0.2) is 39.8 Å². The van der Waals surface area contributed by atoms with Crippen LogP contribution in [0.15, 0.2) is 36.4 Å². The van der Waals surface area contributed by atoms with E-state index in [0.29, 0.717) is 28.5 Å². The molecule has 1 atom stereocenters. The summed E-state index contributed by atoms with van der Waals surface area (Å²) >= 11 is 0. The molecule has 3 rings (SSSR count). The second kappa shape index (κ2) is 7.57. The number of rotatable bonds is 6. The van der Waals surface area contributed by atoms with E-state index in [1.807, 2.05) is 0 Å². The Labute approximate surface area is 157 Å². The van der Waals surface area contributed by atoms with Crippen LogP contribution in [-0.2, 0) is 9.53 Å². The molecule has 7 nitrogen and oxygen atoms in total. The van der Waals surface area contributed by atoms with Gasteiger partial charge in [-0.3, -0.25) is 14.5 Å². The molecule has 0 aliphatic carbocycles. The molecule has 0 spiro atoms. The van der Waals surface area contributed by atoms with E-state index >= 15 is 0 Å². The van der Waals surface area contributed by atoms with Crippen molar-refractivity contribution < 1.29 is 28.5 Å². The smallest absolute Gasteiger partial charge is 0.302 e. The van der Waals surface area contributed by atoms with E-state index < -0.39 is 12.0 Å². The van der Waals surface area contributed by atoms with Crippen LogP contribution in [0.25, 0.3) is 0 Å². The highest BCUT2D eigenvalue weighted by atomic mass is 16.5. The van der Waals surface area contributed by atoms with Gasteiger partial charge in [-0.2, -0.15) is 0 Å². The molecular weight excluding hydrogens is 350 g/mol. The lowest BCUT2D eigenvalue weighted by atomic mass is 10.0. The minimum Gasteiger partial charge on any atom is -0.497 e. The van der Waals surface area contributed by atoms with Gasteiger partial charge in [0.1, 0.15) is 12.4 Å². The standard InChI is InChI=1S/C20H21NO6/c1-12(22)27-11-17-15-9-18(25-3)19(26-4)10-16(15)20(23)21(17)13-5-7-14(24-2)8-6-13/h5-10,17H,11H2,1-4H3. The number of benzene rings is 2. The molecule has 142 valence electrons. The molecule has 27 heavy (non-hydrogen) atoms. The fourth-order valence-corrected chi connectivity index (χ4v) is 3.17. The average Bonchev–Trinajstić information content (AvgIpc) is 2.96. The predicted octanol–water partition coefficient (Wildman–Crippen LogP) is 2.98. The van der Waals surface area contributed by atoms with Crippen LogP contribution in [0, 0.1) is 0 Å². The Hall–Kier alpha value is -3.22. The summed E-state index contributed by atoms with van der Waals surface area (Å²) in [6, 6.07) is 10.1. The van der Waals surface area contributed by atoms with E-state index in [0.717, 1.165) is 5.56 Å². The summed E-state index contributed by atoms with van der Waals surface area (Å²) in [6.07, 6.45) is 0. The third kappa shape index (κ3) is 3.40. The van der Waals surface area contributed by atoms with E-state index in [2.05, 4.69) is 0 Å². The number of fused-ring (bicyclic) bond motifs is 1. The van der Waals surface area contributed by atoms with Gasteiger partial charge >= 0.3 is 5.97 Å². The van der Waals surface area contributed by atoms with Crippen LogP contribution in [0.5, 0.6) is 17.2 Å². The van der Waals surface area contributed by atoms with Gasteiger partial charge in [0, 0.05) is 18.2 Å². The molecule has 1 aliphatic heterocycles. The normalized spacial score (nSPS) is 15.3. The summed E-state index contributed by atoms with van der Waals surface area (Å²) in [5.74, 6) is 1.04. The van der Waals surface area contributed by atoms with Crippen molar-refractivity contribution in [2.45, 2.75) is 13.0 Å². The van der Waals surface area contributed by atoms with Crippen LogP contribution < -0.4 is 19.1 Å². The van der Waals surface area contributed by atoms with Gasteiger partial charge in [-0.25, -0.2) is 0 Å². The van der Waals surface area contributed by atoms with Crippen LogP contribution in [0.3, 0.4) is 0 Å². The van der Waals surface area contributed by atoms with Crippen LogP contribution >= 0.6 is 0 Å². The number of carbonyl (C=O) groups excluding carboxylic acids is 2. The maximum atomic E-state index is 13.1. The molecule has 1 unspecified atom stereocenters. The Morgan fingerprint density at radius 2 is 1.63 bits per heavy atom. The van der Waals surface area contributed by atoms with Crippen molar-refractivity contribution in [1.82, 2.24) is 0 Å². The van der Waals surface area contributed by atoms with Crippen LogP contribution in [0.1, 0.15) is 28.9 Å². The van der Waals surface area contributed by atoms with Gasteiger partial charge < -0.3 is 18.9 Å². The summed E-state index contributed by atoms with van der Waals surface area (Å²) in [7, 11) is 4.62. The Balaban J connectivity index is 2.08. The van der Waals surface area contributed by atoms with Gasteiger partial charge in [-0.1, -0.05) is 0 Å². The Morgan fingerprint density at radius 3 is 2.19 bits per heavy atom. The number of nitrogens with zero attached hydrogens (tertiary/aromatic N) is 1. The number of amides is 1. The predicted molar refractivity (Wildman–Crippen MR) is 98.7 cm³/mol. The summed E-state index contributed by atoms with van der Waals surface area (Å²) in [4.78, 5) is 26.1. The van der Waals surface area contributed by atoms with Crippen molar-refractivity contribution in [2.24, 2.45) is 0 Å². The average molecular weight is 371 g/mol. The fourth-order valence-electron chi connectivity index (χ4n) is 3.17. The highest BCUT2D eigenvalue weighted by molar-refractivity contribution is 6.11. The number of esters is 1. The monoisotopic (exact) mass is 371 g/mol. The van der Waals surface area contributed by atoms with E-state index in [4.69, 9.17) is 18.9 Å². The summed E-state index contributed by atoms with van der Waals surface area (Å²) in [5.41, 5.74) is 1.88. The summed E-state index contributed by atoms with van der Waals surface area (Å²) in [6.45, 7) is 1.37. The SMILES string of the molecule is COc1ccc(N2C(=O)c3cc(OC)c(OC)cc3C2COC(C)=O)cc1. The lowest BCUT2D eigenvalue weighted by Gasteiger charge is -2.25. The second-order valence-corrected chi connectivity index (χ2v) is 5.99. The lowest BCUT2D eigenvalue weighted by Crippen LogP contribution is -2.30. The highest BCUT2D eigenvalue weighted by Crippen LogP contribution is 2.43. The molecule has 0 aromatic heterocycles. The molecule has 1 aliphatic rings. The molecule has 0 N–H and O–H groups in total. The number of carbonyl (C=O) groups is 2. The van der Waals surface area contributed by atoms with Crippen molar-refractivity contribution in [3.8, 4) is 17.2 Å². The lowest BCUT2D eigenvalue weighted by molar-refractivity contribution is -0.141. The van der Waals surface area contributed by atoms with Gasteiger partial charge in [0.2, 0.25) is 0 Å². The van der Waals surface area contributed by atoms with E-state index in [1.165, 1.54) is 21.1 Å². The van der Waals surface area contributed by atoms with Crippen molar-refractivity contribution in [3.05, 3.63) is 47.5 Å².